The van der Waals surface area contributed by atoms with Crippen molar-refractivity contribution in [3.63, 3.8) is 0 Å². The highest BCUT2D eigenvalue weighted by Crippen LogP contribution is 2.21. The fourth-order valence-electron chi connectivity index (χ4n) is 0.956. The van der Waals surface area contributed by atoms with Crippen LogP contribution in [0, 0.1) is 11.3 Å². The van der Waals surface area contributed by atoms with Crippen molar-refractivity contribution in [1.82, 2.24) is 4.98 Å². The standard InChI is InChI=1S/C10H15N3S/c1-7(2)6-14-10-8(9(11)12)4-3-5-13-10/h3-5,7H,6H2,1-2H3,(H3,11,12). The minimum Gasteiger partial charge on any atom is -0.384 e. The number of nitrogens with zero attached hydrogens (tertiary/aromatic N) is 1. The minimum absolute atomic E-state index is 0.0874. The molecule has 1 aromatic rings. The fourth-order valence-corrected chi connectivity index (χ4v) is 1.92. The Bertz CT molecular complexity index is 323. The zero-order valence-corrected chi connectivity index (χ0v) is 9.27. The molecule has 3 N–H and O–H groups in total. The van der Waals surface area contributed by atoms with Gasteiger partial charge in [0.25, 0.3) is 0 Å². The molecule has 0 bridgehead atoms. The molecule has 14 heavy (non-hydrogen) atoms. The van der Waals surface area contributed by atoms with Gasteiger partial charge in [0, 0.05) is 17.5 Å². The second-order valence-electron chi connectivity index (χ2n) is 3.47. The largest absolute Gasteiger partial charge is 0.384 e. The summed E-state index contributed by atoms with van der Waals surface area (Å²) in [5.74, 6) is 1.70. The summed E-state index contributed by atoms with van der Waals surface area (Å²) in [6.45, 7) is 4.31. The van der Waals surface area contributed by atoms with E-state index in [4.69, 9.17) is 11.1 Å². The lowest BCUT2D eigenvalue weighted by Crippen LogP contribution is -2.13. The van der Waals surface area contributed by atoms with Crippen LogP contribution in [-0.4, -0.2) is 16.6 Å². The summed E-state index contributed by atoms with van der Waals surface area (Å²) in [6, 6.07) is 3.63. The summed E-state index contributed by atoms with van der Waals surface area (Å²) >= 11 is 1.65. The van der Waals surface area contributed by atoms with Crippen molar-refractivity contribution in [2.75, 3.05) is 5.75 Å². The van der Waals surface area contributed by atoms with E-state index in [-0.39, 0.29) is 5.84 Å². The predicted molar refractivity (Wildman–Crippen MR) is 60.8 cm³/mol. The third kappa shape index (κ3) is 3.03. The van der Waals surface area contributed by atoms with E-state index in [1.807, 2.05) is 6.07 Å². The summed E-state index contributed by atoms with van der Waals surface area (Å²) in [7, 11) is 0. The van der Waals surface area contributed by atoms with Gasteiger partial charge in [0.05, 0.1) is 0 Å². The van der Waals surface area contributed by atoms with Crippen molar-refractivity contribution in [1.29, 1.82) is 5.41 Å². The van der Waals surface area contributed by atoms with E-state index in [9.17, 15) is 0 Å². The van der Waals surface area contributed by atoms with E-state index in [1.54, 1.807) is 24.0 Å². The second kappa shape index (κ2) is 5.00. The summed E-state index contributed by atoms with van der Waals surface area (Å²) < 4.78 is 0. The lowest BCUT2D eigenvalue weighted by Gasteiger charge is -2.07. The lowest BCUT2D eigenvalue weighted by molar-refractivity contribution is 0.749. The van der Waals surface area contributed by atoms with Crippen molar-refractivity contribution >= 4 is 17.6 Å². The van der Waals surface area contributed by atoms with Crippen LogP contribution in [0.25, 0.3) is 0 Å². The van der Waals surface area contributed by atoms with Gasteiger partial charge in [-0.2, -0.15) is 0 Å². The van der Waals surface area contributed by atoms with Crippen LogP contribution in [0.1, 0.15) is 19.4 Å². The Hall–Kier alpha value is -1.03. The maximum absolute atomic E-state index is 7.39. The number of nitrogen functional groups attached to an aromatic ring is 1. The van der Waals surface area contributed by atoms with E-state index < -0.39 is 0 Å². The molecule has 0 radical (unpaired) electrons. The van der Waals surface area contributed by atoms with Crippen LogP contribution in [0.15, 0.2) is 23.4 Å². The van der Waals surface area contributed by atoms with Gasteiger partial charge in [-0.25, -0.2) is 4.98 Å². The number of hydrogen-bond donors (Lipinski definition) is 2. The molecule has 3 nitrogen and oxygen atoms in total. The number of hydrogen-bond acceptors (Lipinski definition) is 3. The highest BCUT2D eigenvalue weighted by molar-refractivity contribution is 7.99. The van der Waals surface area contributed by atoms with Gasteiger partial charge in [0.1, 0.15) is 10.9 Å². The quantitative estimate of drug-likeness (QED) is 0.453. The summed E-state index contributed by atoms with van der Waals surface area (Å²) in [4.78, 5) is 4.21. The molecule has 0 spiro atoms. The van der Waals surface area contributed by atoms with E-state index in [1.165, 1.54) is 0 Å². The first-order valence-electron chi connectivity index (χ1n) is 4.53. The number of pyridine rings is 1. The van der Waals surface area contributed by atoms with Crippen molar-refractivity contribution in [2.24, 2.45) is 11.7 Å². The average Bonchev–Trinajstić information content (AvgIpc) is 2.15. The molecule has 0 aliphatic heterocycles. The topological polar surface area (TPSA) is 62.8 Å². The zero-order valence-electron chi connectivity index (χ0n) is 8.45. The van der Waals surface area contributed by atoms with Gasteiger partial charge in [-0.1, -0.05) is 13.8 Å². The molecule has 0 unspecified atom stereocenters. The first-order valence-corrected chi connectivity index (χ1v) is 5.52. The van der Waals surface area contributed by atoms with Gasteiger partial charge < -0.3 is 5.73 Å². The fraction of sp³-hybridized carbons (Fsp3) is 0.400. The molecule has 0 aliphatic carbocycles. The highest BCUT2D eigenvalue weighted by atomic mass is 32.2. The van der Waals surface area contributed by atoms with Gasteiger partial charge in [-0.15, -0.1) is 11.8 Å². The van der Waals surface area contributed by atoms with Crippen LogP contribution in [-0.2, 0) is 0 Å². The summed E-state index contributed by atoms with van der Waals surface area (Å²) in [5.41, 5.74) is 6.19. The first-order chi connectivity index (χ1) is 6.61. The third-order valence-electron chi connectivity index (χ3n) is 1.61. The number of amidine groups is 1. The molecular weight excluding hydrogens is 194 g/mol. The Morgan fingerprint density at radius 1 is 1.64 bits per heavy atom. The summed E-state index contributed by atoms with van der Waals surface area (Å²) in [6.07, 6.45) is 1.73. The SMILES string of the molecule is CC(C)CSc1ncccc1C(=N)N. The van der Waals surface area contributed by atoms with Crippen molar-refractivity contribution in [3.8, 4) is 0 Å². The van der Waals surface area contributed by atoms with Crippen LogP contribution in [0.5, 0.6) is 0 Å². The molecular formula is C10H15N3S. The molecule has 0 saturated carbocycles. The van der Waals surface area contributed by atoms with Crippen molar-refractivity contribution in [2.45, 2.75) is 18.9 Å². The van der Waals surface area contributed by atoms with Gasteiger partial charge in [-0.3, -0.25) is 5.41 Å². The maximum Gasteiger partial charge on any atom is 0.125 e. The molecule has 0 saturated heterocycles. The van der Waals surface area contributed by atoms with Gasteiger partial charge >= 0.3 is 0 Å². The van der Waals surface area contributed by atoms with Crippen LogP contribution in [0.4, 0.5) is 0 Å². The number of nitrogens with one attached hydrogen (secondary N) is 1. The van der Waals surface area contributed by atoms with Crippen molar-refractivity contribution in [3.05, 3.63) is 23.9 Å². The van der Waals surface area contributed by atoms with Crippen LogP contribution in [0.3, 0.4) is 0 Å². The smallest absolute Gasteiger partial charge is 0.125 e. The minimum atomic E-state index is 0.0874. The molecule has 0 atom stereocenters. The Morgan fingerprint density at radius 2 is 2.36 bits per heavy atom. The van der Waals surface area contributed by atoms with E-state index >= 15 is 0 Å². The average molecular weight is 209 g/mol. The van der Waals surface area contributed by atoms with Crippen LogP contribution >= 0.6 is 11.8 Å². The molecule has 1 aromatic heterocycles. The molecule has 0 aliphatic rings. The number of thioether (sulfide) groups is 1. The van der Waals surface area contributed by atoms with Gasteiger partial charge in [-0.05, 0) is 18.1 Å². The van der Waals surface area contributed by atoms with Gasteiger partial charge in [0.15, 0.2) is 0 Å². The predicted octanol–water partition coefficient (Wildman–Crippen LogP) is 2.11. The van der Waals surface area contributed by atoms with Crippen LogP contribution < -0.4 is 5.73 Å². The second-order valence-corrected chi connectivity index (χ2v) is 4.48. The van der Waals surface area contributed by atoms with Crippen molar-refractivity contribution < 1.29 is 0 Å². The Balaban J connectivity index is 2.79. The molecule has 1 heterocycles. The van der Waals surface area contributed by atoms with E-state index in [2.05, 4.69) is 18.8 Å². The number of rotatable bonds is 4. The maximum atomic E-state index is 7.39. The Morgan fingerprint density at radius 3 is 2.93 bits per heavy atom. The Labute approximate surface area is 88.6 Å². The highest BCUT2D eigenvalue weighted by Gasteiger charge is 2.06. The molecule has 0 amide bonds. The van der Waals surface area contributed by atoms with E-state index in [0.717, 1.165) is 16.3 Å². The summed E-state index contributed by atoms with van der Waals surface area (Å²) in [5, 5.41) is 8.24. The number of nitrogens with two attached hydrogens (primary N) is 1. The molecule has 76 valence electrons. The normalized spacial score (nSPS) is 10.5. The monoisotopic (exact) mass is 209 g/mol. The van der Waals surface area contributed by atoms with Gasteiger partial charge in [0.2, 0.25) is 0 Å². The zero-order chi connectivity index (χ0) is 10.6. The van der Waals surface area contributed by atoms with Crippen LogP contribution in [0.2, 0.25) is 0 Å². The number of aromatic nitrogens is 1. The molecule has 0 aromatic carbocycles. The lowest BCUT2D eigenvalue weighted by atomic mass is 10.3. The Kier molecular flexibility index (Phi) is 3.95. The van der Waals surface area contributed by atoms with E-state index in [0.29, 0.717) is 5.92 Å². The first kappa shape index (κ1) is 11.0. The molecule has 4 heteroatoms. The third-order valence-corrected chi connectivity index (χ3v) is 3.05. The molecule has 0 fully saturated rings. The molecule has 1 rings (SSSR count).